The first-order valence-corrected chi connectivity index (χ1v) is 9.55. The molecule has 10 nitrogen and oxygen atoms in total. The van der Waals surface area contributed by atoms with Crippen LogP contribution in [0.5, 0.6) is 5.75 Å². The van der Waals surface area contributed by atoms with E-state index in [1.165, 1.54) is 22.1 Å². The molecule has 0 aliphatic carbocycles. The maximum Gasteiger partial charge on any atom is 0.433 e. The van der Waals surface area contributed by atoms with Gasteiger partial charge in [-0.1, -0.05) is 0 Å². The van der Waals surface area contributed by atoms with E-state index in [4.69, 9.17) is 9.15 Å². The molecule has 1 amide bonds. The van der Waals surface area contributed by atoms with Gasteiger partial charge in [0.1, 0.15) is 16.5 Å². The average Bonchev–Trinajstić information content (AvgIpc) is 3.47. The van der Waals surface area contributed by atoms with E-state index in [0.29, 0.717) is 16.6 Å². The number of hydrogen-bond acceptors (Lipinski definition) is 8. The van der Waals surface area contributed by atoms with Gasteiger partial charge in [-0.2, -0.15) is 9.78 Å². The van der Waals surface area contributed by atoms with Crippen LogP contribution in [0.3, 0.4) is 0 Å². The number of thiazole rings is 1. The highest BCUT2D eigenvalue weighted by molar-refractivity contribution is 7.12. The molecule has 3 aromatic heterocycles. The third-order valence-corrected chi connectivity index (χ3v) is 4.94. The largest absolute Gasteiger partial charge is 0.497 e. The molecule has 0 saturated heterocycles. The lowest BCUT2D eigenvalue weighted by atomic mass is 10.2. The van der Waals surface area contributed by atoms with Crippen LogP contribution in [0.4, 0.5) is 11.7 Å². The Morgan fingerprint density at radius 1 is 1.27 bits per heavy atom. The van der Waals surface area contributed by atoms with E-state index in [0.717, 1.165) is 23.1 Å². The lowest BCUT2D eigenvalue weighted by Gasteiger charge is -2.05. The van der Waals surface area contributed by atoms with Crippen molar-refractivity contribution >= 4 is 28.9 Å². The number of nitrogens with zero attached hydrogens (tertiary/aromatic N) is 4. The summed E-state index contributed by atoms with van der Waals surface area (Å²) in [5.41, 5.74) is 2.33. The number of nitrogens with one attached hydrogen (secondary N) is 1. The monoisotopic (exact) mass is 425 g/mol. The number of aromatic nitrogens is 3. The van der Waals surface area contributed by atoms with E-state index in [9.17, 15) is 14.9 Å². The number of carbonyl (C=O) groups is 1. The molecule has 4 rings (SSSR count). The Kier molecular flexibility index (Phi) is 5.02. The van der Waals surface area contributed by atoms with Gasteiger partial charge in [0.2, 0.25) is 5.13 Å². The molecule has 11 heteroatoms. The molecule has 0 spiro atoms. The van der Waals surface area contributed by atoms with Crippen molar-refractivity contribution in [2.24, 2.45) is 0 Å². The molecule has 0 fully saturated rings. The number of rotatable bonds is 6. The first kappa shape index (κ1) is 19.3. The second-order valence-electron chi connectivity index (χ2n) is 6.18. The highest BCUT2D eigenvalue weighted by Gasteiger charge is 2.20. The number of furan rings is 1. The topological polar surface area (TPSA) is 125 Å². The van der Waals surface area contributed by atoms with Gasteiger partial charge < -0.3 is 14.5 Å². The van der Waals surface area contributed by atoms with Crippen LogP contribution in [-0.4, -0.2) is 32.7 Å². The average molecular weight is 425 g/mol. The van der Waals surface area contributed by atoms with Gasteiger partial charge in [-0.25, -0.2) is 4.98 Å². The SMILES string of the molecule is COc1ccc(-c2csc(-n3nc(C)cc3NC(=O)c3ccc([N+](=O)[O-])o3)n2)cc1. The van der Waals surface area contributed by atoms with Crippen LogP contribution in [-0.2, 0) is 0 Å². The fraction of sp³-hybridized carbons (Fsp3) is 0.105. The Hall–Kier alpha value is -3.99. The van der Waals surface area contributed by atoms with E-state index in [1.807, 2.05) is 29.6 Å². The summed E-state index contributed by atoms with van der Waals surface area (Å²) in [6.07, 6.45) is 0. The molecule has 30 heavy (non-hydrogen) atoms. The quantitative estimate of drug-likeness (QED) is 0.365. The number of nitro groups is 1. The summed E-state index contributed by atoms with van der Waals surface area (Å²) in [6, 6.07) is 11.5. The number of anilines is 1. The number of aryl methyl sites for hydroxylation is 1. The molecule has 1 aromatic carbocycles. The molecule has 3 heterocycles. The molecular formula is C19H15N5O5S. The van der Waals surface area contributed by atoms with Crippen LogP contribution < -0.4 is 10.1 Å². The first-order chi connectivity index (χ1) is 14.4. The molecule has 0 atom stereocenters. The molecule has 152 valence electrons. The number of methoxy groups -OCH3 is 1. The smallest absolute Gasteiger partial charge is 0.433 e. The minimum atomic E-state index is -0.707. The summed E-state index contributed by atoms with van der Waals surface area (Å²) in [7, 11) is 1.60. The zero-order valence-corrected chi connectivity index (χ0v) is 16.7. The predicted octanol–water partition coefficient (Wildman–Crippen LogP) is 4.07. The van der Waals surface area contributed by atoms with Crippen molar-refractivity contribution in [3.8, 4) is 22.1 Å². The lowest BCUT2D eigenvalue weighted by Crippen LogP contribution is -2.14. The number of ether oxygens (including phenoxy) is 1. The second-order valence-corrected chi connectivity index (χ2v) is 7.01. The van der Waals surface area contributed by atoms with E-state index < -0.39 is 16.7 Å². The van der Waals surface area contributed by atoms with Crippen LogP contribution in [0.2, 0.25) is 0 Å². The standard InChI is InChI=1S/C19H15N5O5S/c1-11-9-16(21-18(25)15-7-8-17(29-15)24(26)27)23(22-11)19-20-14(10-30-19)12-3-5-13(28-2)6-4-12/h3-10H,1-2H3,(H,21,25). The van der Waals surface area contributed by atoms with Gasteiger partial charge in [0, 0.05) is 17.0 Å². The highest BCUT2D eigenvalue weighted by Crippen LogP contribution is 2.28. The fourth-order valence-corrected chi connectivity index (χ4v) is 3.51. The number of hydrogen-bond donors (Lipinski definition) is 1. The molecular weight excluding hydrogens is 410 g/mol. The Morgan fingerprint density at radius 3 is 2.70 bits per heavy atom. The van der Waals surface area contributed by atoms with E-state index in [1.54, 1.807) is 20.1 Å². The predicted molar refractivity (Wildman–Crippen MR) is 109 cm³/mol. The molecule has 0 saturated carbocycles. The zero-order valence-electron chi connectivity index (χ0n) is 15.9. The van der Waals surface area contributed by atoms with Crippen molar-refractivity contribution < 1.29 is 18.9 Å². The summed E-state index contributed by atoms with van der Waals surface area (Å²) in [4.78, 5) is 27.1. The lowest BCUT2D eigenvalue weighted by molar-refractivity contribution is -0.402. The third-order valence-electron chi connectivity index (χ3n) is 4.13. The molecule has 0 unspecified atom stereocenters. The molecule has 4 aromatic rings. The Labute approximate surface area is 173 Å². The Balaban J connectivity index is 1.59. The van der Waals surface area contributed by atoms with Crippen LogP contribution >= 0.6 is 11.3 Å². The zero-order chi connectivity index (χ0) is 21.3. The number of carbonyl (C=O) groups excluding carboxylic acids is 1. The van der Waals surface area contributed by atoms with Crippen molar-refractivity contribution in [1.82, 2.24) is 14.8 Å². The summed E-state index contributed by atoms with van der Waals surface area (Å²) in [5, 5.41) is 20.2. The molecule has 0 bridgehead atoms. The maximum absolute atomic E-state index is 12.4. The van der Waals surface area contributed by atoms with Gasteiger partial charge in [-0.05, 0) is 37.3 Å². The van der Waals surface area contributed by atoms with Gasteiger partial charge >= 0.3 is 5.88 Å². The van der Waals surface area contributed by atoms with Crippen molar-refractivity contribution in [3.05, 3.63) is 69.4 Å². The van der Waals surface area contributed by atoms with Gasteiger partial charge in [0.15, 0.2) is 5.76 Å². The van der Waals surface area contributed by atoms with Crippen molar-refractivity contribution in [1.29, 1.82) is 0 Å². The second kappa shape index (κ2) is 7.79. The fourth-order valence-electron chi connectivity index (χ4n) is 2.72. The normalized spacial score (nSPS) is 10.7. The molecule has 1 N–H and O–H groups in total. The number of amides is 1. The maximum atomic E-state index is 12.4. The van der Waals surface area contributed by atoms with Crippen molar-refractivity contribution in [2.75, 3.05) is 12.4 Å². The Bertz CT molecular complexity index is 1220. The van der Waals surface area contributed by atoms with Crippen molar-refractivity contribution in [2.45, 2.75) is 6.92 Å². The van der Waals surface area contributed by atoms with Crippen LogP contribution in [0, 0.1) is 17.0 Å². The Morgan fingerprint density at radius 2 is 2.03 bits per heavy atom. The number of benzene rings is 1. The van der Waals surface area contributed by atoms with E-state index in [-0.39, 0.29) is 5.76 Å². The van der Waals surface area contributed by atoms with Crippen molar-refractivity contribution in [3.63, 3.8) is 0 Å². The summed E-state index contributed by atoms with van der Waals surface area (Å²) in [5.74, 6) is -0.192. The van der Waals surface area contributed by atoms with Gasteiger partial charge in [0.25, 0.3) is 5.91 Å². The van der Waals surface area contributed by atoms with Gasteiger partial charge in [-0.15, -0.1) is 11.3 Å². The van der Waals surface area contributed by atoms with Crippen LogP contribution in [0.15, 0.2) is 52.3 Å². The molecule has 0 aliphatic heterocycles. The van der Waals surface area contributed by atoms with Crippen LogP contribution in [0.1, 0.15) is 16.2 Å². The minimum absolute atomic E-state index is 0.176. The van der Waals surface area contributed by atoms with Crippen LogP contribution in [0.25, 0.3) is 16.4 Å². The van der Waals surface area contributed by atoms with E-state index in [2.05, 4.69) is 15.4 Å². The molecule has 0 radical (unpaired) electrons. The first-order valence-electron chi connectivity index (χ1n) is 8.67. The third kappa shape index (κ3) is 3.78. The van der Waals surface area contributed by atoms with E-state index >= 15 is 0 Å². The minimum Gasteiger partial charge on any atom is -0.497 e. The van der Waals surface area contributed by atoms with Gasteiger partial charge in [0.05, 0.1) is 24.6 Å². The summed E-state index contributed by atoms with van der Waals surface area (Å²) < 4.78 is 11.6. The summed E-state index contributed by atoms with van der Waals surface area (Å²) >= 11 is 1.36. The molecule has 0 aliphatic rings. The summed E-state index contributed by atoms with van der Waals surface area (Å²) in [6.45, 7) is 1.78. The van der Waals surface area contributed by atoms with Gasteiger partial charge in [-0.3, -0.25) is 14.9 Å². The highest BCUT2D eigenvalue weighted by atomic mass is 32.1.